The zero-order valence-electron chi connectivity index (χ0n) is 8.63. The second kappa shape index (κ2) is 4.28. The molecule has 1 heteroatoms. The van der Waals surface area contributed by atoms with Gasteiger partial charge in [0.2, 0.25) is 0 Å². The van der Waals surface area contributed by atoms with Crippen molar-refractivity contribution < 1.29 is 0 Å². The van der Waals surface area contributed by atoms with Gasteiger partial charge in [0, 0.05) is 0 Å². The molecule has 3 atom stereocenters. The lowest BCUT2D eigenvalue weighted by Crippen LogP contribution is -2.26. The van der Waals surface area contributed by atoms with Crippen molar-refractivity contribution in [2.75, 3.05) is 13.1 Å². The molecule has 0 radical (unpaired) electrons. The van der Waals surface area contributed by atoms with Gasteiger partial charge in [-0.05, 0) is 50.1 Å². The second-order valence-electron chi connectivity index (χ2n) is 4.60. The fourth-order valence-electron chi connectivity index (χ4n) is 2.72. The summed E-state index contributed by atoms with van der Waals surface area (Å²) < 4.78 is 0. The van der Waals surface area contributed by atoms with E-state index in [9.17, 15) is 0 Å². The number of nitrogens with one attached hydrogen (secondary N) is 1. The molecule has 1 N–H and O–H groups in total. The third-order valence-electron chi connectivity index (χ3n) is 3.53. The normalized spacial score (nSPS) is 35.9. The van der Waals surface area contributed by atoms with E-state index in [1.807, 2.05) is 0 Å². The molecule has 0 amide bonds. The summed E-state index contributed by atoms with van der Waals surface area (Å²) >= 11 is 0. The second-order valence-corrected chi connectivity index (χ2v) is 4.60. The first kappa shape index (κ1) is 9.26. The van der Waals surface area contributed by atoms with Crippen LogP contribution in [0.25, 0.3) is 0 Å². The SMILES string of the molecule is CCCCNC[C@H]1C[C@@H]2C=C[C@H]1C2. The highest BCUT2D eigenvalue weighted by Crippen LogP contribution is 2.42. The van der Waals surface area contributed by atoms with E-state index in [1.54, 1.807) is 0 Å². The van der Waals surface area contributed by atoms with Gasteiger partial charge in [-0.3, -0.25) is 0 Å². The molecule has 0 saturated heterocycles. The maximum absolute atomic E-state index is 3.58. The number of hydrogen-bond acceptors (Lipinski definition) is 1. The molecule has 2 bridgehead atoms. The lowest BCUT2D eigenvalue weighted by Gasteiger charge is -2.18. The fraction of sp³-hybridized carbons (Fsp3) is 0.833. The van der Waals surface area contributed by atoms with Crippen LogP contribution in [0.15, 0.2) is 12.2 Å². The van der Waals surface area contributed by atoms with Gasteiger partial charge in [0.15, 0.2) is 0 Å². The van der Waals surface area contributed by atoms with Crippen LogP contribution < -0.4 is 5.32 Å². The summed E-state index contributed by atoms with van der Waals surface area (Å²) in [7, 11) is 0. The highest BCUT2D eigenvalue weighted by Gasteiger charge is 2.34. The molecule has 0 aromatic carbocycles. The van der Waals surface area contributed by atoms with E-state index in [4.69, 9.17) is 0 Å². The van der Waals surface area contributed by atoms with Crippen LogP contribution in [0.5, 0.6) is 0 Å². The van der Waals surface area contributed by atoms with Crippen LogP contribution in [0.4, 0.5) is 0 Å². The van der Waals surface area contributed by atoms with Gasteiger partial charge in [-0.25, -0.2) is 0 Å². The van der Waals surface area contributed by atoms with Gasteiger partial charge in [0.25, 0.3) is 0 Å². The Bertz CT molecular complexity index is 186. The predicted molar refractivity (Wildman–Crippen MR) is 56.6 cm³/mol. The Kier molecular flexibility index (Phi) is 3.05. The maximum Gasteiger partial charge on any atom is -0.00147 e. The van der Waals surface area contributed by atoms with E-state index in [0.717, 1.165) is 17.8 Å². The van der Waals surface area contributed by atoms with Crippen LogP contribution >= 0.6 is 0 Å². The quantitative estimate of drug-likeness (QED) is 0.505. The Morgan fingerprint density at radius 2 is 2.23 bits per heavy atom. The van der Waals surface area contributed by atoms with Crippen molar-refractivity contribution >= 4 is 0 Å². The van der Waals surface area contributed by atoms with Crippen LogP contribution in [0.3, 0.4) is 0 Å². The predicted octanol–water partition coefficient (Wildman–Crippen LogP) is 2.59. The highest BCUT2D eigenvalue weighted by atomic mass is 14.9. The van der Waals surface area contributed by atoms with E-state index in [2.05, 4.69) is 24.4 Å². The summed E-state index contributed by atoms with van der Waals surface area (Å²) in [6.45, 7) is 4.72. The molecule has 2 rings (SSSR count). The van der Waals surface area contributed by atoms with Crippen molar-refractivity contribution in [2.24, 2.45) is 17.8 Å². The lowest BCUT2D eigenvalue weighted by molar-refractivity contribution is 0.413. The average molecular weight is 179 g/mol. The third-order valence-corrected chi connectivity index (χ3v) is 3.53. The van der Waals surface area contributed by atoms with Crippen LogP contribution in [0.2, 0.25) is 0 Å². The van der Waals surface area contributed by atoms with E-state index < -0.39 is 0 Å². The molecule has 1 fully saturated rings. The molecule has 2 aliphatic rings. The minimum atomic E-state index is 0.916. The fourth-order valence-corrected chi connectivity index (χ4v) is 2.72. The van der Waals surface area contributed by atoms with Crippen molar-refractivity contribution in [2.45, 2.75) is 32.6 Å². The Morgan fingerprint density at radius 3 is 2.85 bits per heavy atom. The van der Waals surface area contributed by atoms with Crippen LogP contribution in [0, 0.1) is 17.8 Å². The summed E-state index contributed by atoms with van der Waals surface area (Å²) in [5, 5.41) is 3.58. The van der Waals surface area contributed by atoms with Gasteiger partial charge in [-0.2, -0.15) is 0 Å². The van der Waals surface area contributed by atoms with E-state index in [-0.39, 0.29) is 0 Å². The molecule has 13 heavy (non-hydrogen) atoms. The first-order valence-corrected chi connectivity index (χ1v) is 5.79. The van der Waals surface area contributed by atoms with Crippen LogP contribution in [-0.2, 0) is 0 Å². The molecular formula is C12H21N. The highest BCUT2D eigenvalue weighted by molar-refractivity contribution is 5.10. The molecule has 1 nitrogen and oxygen atoms in total. The molecule has 0 unspecified atom stereocenters. The smallest absolute Gasteiger partial charge is 0.00147 e. The van der Waals surface area contributed by atoms with Crippen LogP contribution in [-0.4, -0.2) is 13.1 Å². The zero-order chi connectivity index (χ0) is 9.10. The Balaban J connectivity index is 1.64. The first-order valence-electron chi connectivity index (χ1n) is 5.79. The average Bonchev–Trinajstić information content (AvgIpc) is 2.73. The Labute approximate surface area is 81.6 Å². The Morgan fingerprint density at radius 1 is 1.31 bits per heavy atom. The minimum Gasteiger partial charge on any atom is -0.316 e. The van der Waals surface area contributed by atoms with Crippen molar-refractivity contribution in [1.29, 1.82) is 0 Å². The van der Waals surface area contributed by atoms with Gasteiger partial charge >= 0.3 is 0 Å². The maximum atomic E-state index is 3.58. The van der Waals surface area contributed by atoms with Crippen molar-refractivity contribution in [3.8, 4) is 0 Å². The molecule has 0 heterocycles. The zero-order valence-corrected chi connectivity index (χ0v) is 8.63. The van der Waals surface area contributed by atoms with Crippen molar-refractivity contribution in [1.82, 2.24) is 5.32 Å². The molecule has 1 saturated carbocycles. The number of fused-ring (bicyclic) bond motifs is 2. The standard InChI is InChI=1S/C12H21N/c1-2-3-6-13-9-12-8-10-4-5-11(12)7-10/h4-5,10-13H,2-3,6-9H2,1H3/t10-,11+,12-/m1/s1. The van der Waals surface area contributed by atoms with Gasteiger partial charge in [0.1, 0.15) is 0 Å². The van der Waals surface area contributed by atoms with Crippen molar-refractivity contribution in [3.63, 3.8) is 0 Å². The van der Waals surface area contributed by atoms with E-state index >= 15 is 0 Å². The monoisotopic (exact) mass is 179 g/mol. The summed E-state index contributed by atoms with van der Waals surface area (Å²) in [6, 6.07) is 0. The van der Waals surface area contributed by atoms with Gasteiger partial charge in [-0.15, -0.1) is 0 Å². The van der Waals surface area contributed by atoms with Crippen LogP contribution in [0.1, 0.15) is 32.6 Å². The summed E-state index contributed by atoms with van der Waals surface area (Å²) in [6.07, 6.45) is 10.4. The Hall–Kier alpha value is -0.300. The molecule has 0 aliphatic heterocycles. The molecular weight excluding hydrogens is 158 g/mol. The number of rotatable bonds is 5. The van der Waals surface area contributed by atoms with Gasteiger partial charge in [0.05, 0.1) is 0 Å². The molecule has 0 spiro atoms. The van der Waals surface area contributed by atoms with E-state index in [0.29, 0.717) is 0 Å². The number of unbranched alkanes of at least 4 members (excludes halogenated alkanes) is 1. The van der Waals surface area contributed by atoms with Crippen molar-refractivity contribution in [3.05, 3.63) is 12.2 Å². The third kappa shape index (κ3) is 2.14. The minimum absolute atomic E-state index is 0.916. The summed E-state index contributed by atoms with van der Waals surface area (Å²) in [5.41, 5.74) is 0. The topological polar surface area (TPSA) is 12.0 Å². The summed E-state index contributed by atoms with van der Waals surface area (Å²) in [4.78, 5) is 0. The largest absolute Gasteiger partial charge is 0.316 e. The molecule has 0 aromatic heterocycles. The molecule has 74 valence electrons. The first-order chi connectivity index (χ1) is 6.40. The van der Waals surface area contributed by atoms with E-state index in [1.165, 1.54) is 38.8 Å². The van der Waals surface area contributed by atoms with Gasteiger partial charge < -0.3 is 5.32 Å². The molecule has 0 aromatic rings. The number of allylic oxidation sites excluding steroid dienone is 2. The lowest BCUT2D eigenvalue weighted by atomic mass is 9.94. The molecule has 2 aliphatic carbocycles. The van der Waals surface area contributed by atoms with Gasteiger partial charge in [-0.1, -0.05) is 25.5 Å². The number of hydrogen-bond donors (Lipinski definition) is 1. The summed E-state index contributed by atoms with van der Waals surface area (Å²) in [5.74, 6) is 2.80.